The molecule has 37 heavy (non-hydrogen) atoms. The molecule has 5 N–H and O–H groups in total. The van der Waals surface area contributed by atoms with E-state index in [0.717, 1.165) is 11.0 Å². The van der Waals surface area contributed by atoms with Gasteiger partial charge in [0.25, 0.3) is 5.60 Å². The average molecular weight is 553 g/mol. The van der Waals surface area contributed by atoms with Crippen LogP contribution in [0, 0.1) is 0 Å². The minimum absolute atomic E-state index is 0.00165. The fourth-order valence-electron chi connectivity index (χ4n) is 3.50. The largest absolute Gasteiger partial charge is 0.479 e. The van der Waals surface area contributed by atoms with E-state index in [4.69, 9.17) is 26.8 Å². The zero-order valence-electron chi connectivity index (χ0n) is 19.0. The summed E-state index contributed by atoms with van der Waals surface area (Å²) in [7, 11) is 1.18. The predicted octanol–water partition coefficient (Wildman–Crippen LogP) is 2.18. The Morgan fingerprint density at radius 1 is 1.27 bits per heavy atom. The number of halogens is 5. The molecule has 202 valence electrons. The Labute approximate surface area is 211 Å². The minimum Gasteiger partial charge on any atom is -0.479 e. The van der Waals surface area contributed by atoms with Gasteiger partial charge >= 0.3 is 18.1 Å². The Balaban J connectivity index is 1.74. The van der Waals surface area contributed by atoms with Gasteiger partial charge in [0.2, 0.25) is 5.28 Å². The Kier molecular flexibility index (Phi) is 8.24. The number of anilines is 3. The SMILES string of the molecule is COC(COC(Cc1ccc(C(F)(F)F)nc1)(C(=O)O)C(=O)O)CC(F)N1CNc2c(N)nc(Cl)nc21. The number of pyridine rings is 1. The summed E-state index contributed by atoms with van der Waals surface area (Å²) in [6, 6.07) is 1.47. The van der Waals surface area contributed by atoms with Crippen molar-refractivity contribution in [3.05, 3.63) is 34.9 Å². The number of hydrogen-bond acceptors (Lipinski definition) is 10. The molecule has 0 saturated heterocycles. The van der Waals surface area contributed by atoms with Crippen molar-refractivity contribution in [1.82, 2.24) is 15.0 Å². The van der Waals surface area contributed by atoms with Crippen molar-refractivity contribution >= 4 is 40.9 Å². The van der Waals surface area contributed by atoms with E-state index in [1.165, 1.54) is 7.11 Å². The molecular formula is C20H21ClF4N6O6. The molecule has 0 saturated carbocycles. The molecule has 1 aliphatic heterocycles. The Bertz CT molecular complexity index is 1140. The average Bonchev–Trinajstić information content (AvgIpc) is 3.24. The molecule has 3 rings (SSSR count). The van der Waals surface area contributed by atoms with Gasteiger partial charge < -0.3 is 35.6 Å². The highest BCUT2D eigenvalue weighted by Crippen LogP contribution is 2.36. The van der Waals surface area contributed by atoms with E-state index in [1.807, 2.05) is 0 Å². The number of nitrogens with zero attached hydrogens (tertiary/aromatic N) is 4. The van der Waals surface area contributed by atoms with Crippen molar-refractivity contribution in [2.45, 2.75) is 37.0 Å². The number of carbonyl (C=O) groups is 2. The normalized spacial score (nSPS) is 15.1. The summed E-state index contributed by atoms with van der Waals surface area (Å²) in [5.74, 6) is -3.76. The molecule has 2 aromatic heterocycles. The molecule has 2 unspecified atom stereocenters. The third-order valence-electron chi connectivity index (χ3n) is 5.49. The van der Waals surface area contributed by atoms with Crippen LogP contribution < -0.4 is 16.0 Å². The van der Waals surface area contributed by atoms with Crippen LogP contribution >= 0.6 is 11.6 Å². The number of rotatable bonds is 11. The summed E-state index contributed by atoms with van der Waals surface area (Å²) in [5.41, 5.74) is 1.70. The van der Waals surface area contributed by atoms with Crippen LogP contribution in [0.1, 0.15) is 17.7 Å². The zero-order valence-corrected chi connectivity index (χ0v) is 19.8. The van der Waals surface area contributed by atoms with E-state index in [-0.39, 0.29) is 34.8 Å². The molecule has 2 aromatic rings. The third-order valence-corrected chi connectivity index (χ3v) is 5.66. The lowest BCUT2D eigenvalue weighted by Crippen LogP contribution is -2.52. The number of carboxylic acids is 2. The first-order valence-electron chi connectivity index (χ1n) is 10.4. The fraction of sp³-hybridized carbons (Fsp3) is 0.450. The molecular weight excluding hydrogens is 532 g/mol. The van der Waals surface area contributed by atoms with Gasteiger partial charge in [-0.15, -0.1) is 0 Å². The highest BCUT2D eigenvalue weighted by molar-refractivity contribution is 6.28. The van der Waals surface area contributed by atoms with Gasteiger partial charge in [0, 0.05) is 26.1 Å². The molecule has 0 aliphatic carbocycles. The lowest BCUT2D eigenvalue weighted by molar-refractivity contribution is -0.187. The molecule has 0 bridgehead atoms. The van der Waals surface area contributed by atoms with Crippen LogP contribution in [0.5, 0.6) is 0 Å². The van der Waals surface area contributed by atoms with E-state index in [9.17, 15) is 33.0 Å². The van der Waals surface area contributed by atoms with Gasteiger partial charge in [0.1, 0.15) is 11.4 Å². The fourth-order valence-corrected chi connectivity index (χ4v) is 3.67. The van der Waals surface area contributed by atoms with Crippen molar-refractivity contribution < 1.29 is 46.8 Å². The molecule has 17 heteroatoms. The highest BCUT2D eigenvalue weighted by atomic mass is 35.5. The predicted molar refractivity (Wildman–Crippen MR) is 120 cm³/mol. The summed E-state index contributed by atoms with van der Waals surface area (Å²) in [6.45, 7) is -0.744. The number of carboxylic acid groups (broad SMARTS) is 2. The van der Waals surface area contributed by atoms with Crippen molar-refractivity contribution in [3.63, 3.8) is 0 Å². The summed E-state index contributed by atoms with van der Waals surface area (Å²) < 4.78 is 63.8. The summed E-state index contributed by atoms with van der Waals surface area (Å²) in [4.78, 5) is 36.0. The number of ether oxygens (including phenoxy) is 2. The van der Waals surface area contributed by atoms with Crippen LogP contribution in [0.25, 0.3) is 0 Å². The number of methoxy groups -OCH3 is 1. The van der Waals surface area contributed by atoms with E-state index in [1.54, 1.807) is 0 Å². The maximum Gasteiger partial charge on any atom is 0.433 e. The van der Waals surface area contributed by atoms with Gasteiger partial charge in [-0.3, -0.25) is 4.98 Å². The second-order valence-corrected chi connectivity index (χ2v) is 8.22. The molecule has 2 atom stereocenters. The summed E-state index contributed by atoms with van der Waals surface area (Å²) in [6.07, 6.45) is -8.25. The first-order chi connectivity index (χ1) is 17.3. The Hall–Kier alpha value is -3.50. The Morgan fingerprint density at radius 3 is 2.49 bits per heavy atom. The molecule has 0 amide bonds. The van der Waals surface area contributed by atoms with E-state index >= 15 is 4.39 Å². The van der Waals surface area contributed by atoms with Crippen molar-refractivity contribution in [1.29, 1.82) is 0 Å². The highest BCUT2D eigenvalue weighted by Gasteiger charge is 2.49. The smallest absolute Gasteiger partial charge is 0.433 e. The molecule has 3 heterocycles. The molecule has 0 spiro atoms. The van der Waals surface area contributed by atoms with Crippen LogP contribution in [0.2, 0.25) is 5.28 Å². The maximum atomic E-state index is 15.2. The maximum absolute atomic E-state index is 15.2. The lowest BCUT2D eigenvalue weighted by Gasteiger charge is -2.29. The number of fused-ring (bicyclic) bond motifs is 1. The molecule has 0 fully saturated rings. The van der Waals surface area contributed by atoms with Crippen LogP contribution in [-0.4, -0.2) is 75.5 Å². The zero-order chi connectivity index (χ0) is 27.5. The van der Waals surface area contributed by atoms with Gasteiger partial charge in [-0.2, -0.15) is 23.1 Å². The third kappa shape index (κ3) is 6.08. The van der Waals surface area contributed by atoms with Crippen LogP contribution in [-0.2, 0) is 31.7 Å². The number of nitrogens with one attached hydrogen (secondary N) is 1. The second-order valence-electron chi connectivity index (χ2n) is 7.88. The Morgan fingerprint density at radius 2 is 1.95 bits per heavy atom. The van der Waals surface area contributed by atoms with Crippen molar-refractivity contribution in [3.8, 4) is 0 Å². The lowest BCUT2D eigenvalue weighted by atomic mass is 9.95. The van der Waals surface area contributed by atoms with Crippen LogP contribution in [0.4, 0.5) is 34.9 Å². The van der Waals surface area contributed by atoms with Gasteiger partial charge in [-0.25, -0.2) is 14.0 Å². The van der Waals surface area contributed by atoms with E-state index < -0.39 is 61.3 Å². The first kappa shape index (κ1) is 28.1. The van der Waals surface area contributed by atoms with E-state index in [2.05, 4.69) is 20.3 Å². The quantitative estimate of drug-likeness (QED) is 0.139. The molecule has 0 aromatic carbocycles. The molecule has 1 aliphatic rings. The molecule has 12 nitrogen and oxygen atoms in total. The van der Waals surface area contributed by atoms with Gasteiger partial charge in [0.05, 0.1) is 19.4 Å². The number of hydrogen-bond donors (Lipinski definition) is 4. The summed E-state index contributed by atoms with van der Waals surface area (Å²) >= 11 is 5.79. The molecule has 0 radical (unpaired) electrons. The number of aliphatic carboxylic acids is 2. The number of alkyl halides is 4. The van der Waals surface area contributed by atoms with Crippen molar-refractivity contribution in [2.24, 2.45) is 0 Å². The van der Waals surface area contributed by atoms with Crippen LogP contribution in [0.15, 0.2) is 18.3 Å². The van der Waals surface area contributed by atoms with E-state index in [0.29, 0.717) is 12.3 Å². The number of nitrogens with two attached hydrogens (primary N) is 1. The standard InChI is InChI=1S/C20H21ClF4N6O6/c1-36-10(4-12(22)31-8-28-13-14(26)29-18(21)30-15(13)31)7-37-19(16(32)33,17(34)35)5-9-2-3-11(27-6-9)20(23,24)25/h2-3,6,10,12,28H,4-5,7-8H2,1H3,(H,32,33)(H,34,35)(H2,26,29,30). The first-order valence-corrected chi connectivity index (χ1v) is 10.8. The minimum atomic E-state index is -4.74. The monoisotopic (exact) mass is 552 g/mol. The second kappa shape index (κ2) is 10.9. The van der Waals surface area contributed by atoms with Gasteiger partial charge in [-0.05, 0) is 23.2 Å². The number of nitrogen functional groups attached to an aromatic ring is 1. The van der Waals surface area contributed by atoms with Crippen molar-refractivity contribution in [2.75, 3.05) is 36.3 Å². The van der Waals surface area contributed by atoms with Crippen LogP contribution in [0.3, 0.4) is 0 Å². The van der Waals surface area contributed by atoms with Gasteiger partial charge in [0.15, 0.2) is 17.9 Å². The van der Waals surface area contributed by atoms with Gasteiger partial charge in [-0.1, -0.05) is 6.07 Å². The topological polar surface area (TPSA) is 173 Å². The number of aromatic nitrogens is 3. The summed E-state index contributed by atoms with van der Waals surface area (Å²) in [5, 5.41) is 21.9.